The number of hydrogen-bond donors (Lipinski definition) is 0. The molecule has 0 atom stereocenters. The third kappa shape index (κ3) is 3.05. The van der Waals surface area contributed by atoms with E-state index in [2.05, 4.69) is 6.08 Å². The van der Waals surface area contributed by atoms with Gasteiger partial charge < -0.3 is 18.6 Å². The topological polar surface area (TPSA) is 57.9 Å². The van der Waals surface area contributed by atoms with Gasteiger partial charge in [0.2, 0.25) is 12.2 Å². The molecule has 0 N–H and O–H groups in total. The first kappa shape index (κ1) is 17.2. The molecule has 0 radical (unpaired) electrons. The minimum Gasteiger partial charge on any atom is -0.496 e. The summed E-state index contributed by atoms with van der Waals surface area (Å²) in [5.41, 5.74) is 3.74. The lowest BCUT2D eigenvalue weighted by molar-refractivity contribution is 0.174. The fraction of sp³-hybridized carbons (Fsp3) is 0.227. The highest BCUT2D eigenvalue weighted by Crippen LogP contribution is 2.36. The van der Waals surface area contributed by atoms with E-state index < -0.39 is 0 Å². The molecule has 0 bridgehead atoms. The lowest BCUT2D eigenvalue weighted by atomic mass is 10.0. The molecule has 138 valence electrons. The Labute approximate surface area is 156 Å². The monoisotopic (exact) mass is 364 g/mol. The number of ether oxygens (including phenoxy) is 3. The largest absolute Gasteiger partial charge is 0.496 e. The zero-order valence-corrected chi connectivity index (χ0v) is 15.5. The summed E-state index contributed by atoms with van der Waals surface area (Å²) in [5.74, 6) is 2.02. The van der Waals surface area contributed by atoms with Crippen molar-refractivity contribution in [2.75, 3.05) is 13.9 Å². The molecule has 0 spiro atoms. The molecule has 1 aliphatic rings. The van der Waals surface area contributed by atoms with Gasteiger partial charge in [-0.05, 0) is 50.1 Å². The van der Waals surface area contributed by atoms with Crippen molar-refractivity contribution < 1.29 is 18.6 Å². The zero-order valence-electron chi connectivity index (χ0n) is 15.5. The molecule has 5 nitrogen and oxygen atoms in total. The van der Waals surface area contributed by atoms with Gasteiger partial charge in [-0.25, -0.2) is 0 Å². The molecule has 2 aromatic carbocycles. The summed E-state index contributed by atoms with van der Waals surface area (Å²) in [7, 11) is 1.62. The Morgan fingerprint density at radius 2 is 1.96 bits per heavy atom. The molecule has 0 saturated heterocycles. The Morgan fingerprint density at radius 3 is 2.74 bits per heavy atom. The number of fused-ring (bicyclic) bond motifs is 2. The molecule has 5 heteroatoms. The van der Waals surface area contributed by atoms with Crippen LogP contribution in [-0.2, 0) is 6.42 Å². The number of allylic oxidation sites excluding steroid dienone is 2. The molecule has 1 aromatic heterocycles. The standard InChI is InChI=1S/C22H20O5/c1-13(2)4-6-15-18(24-3)9-7-16-21(23)17(11-25-22(15)16)14-5-8-19-20(10-14)27-12-26-19/h4-5,7-11H,6,12H2,1-3H3. The summed E-state index contributed by atoms with van der Waals surface area (Å²) in [6.07, 6.45) is 4.23. The van der Waals surface area contributed by atoms with E-state index in [1.807, 2.05) is 26.0 Å². The van der Waals surface area contributed by atoms with E-state index in [0.717, 1.165) is 11.1 Å². The van der Waals surface area contributed by atoms with Crippen molar-refractivity contribution in [2.45, 2.75) is 20.3 Å². The molecule has 0 amide bonds. The van der Waals surface area contributed by atoms with Crippen LogP contribution in [0.5, 0.6) is 17.2 Å². The third-order valence-corrected chi connectivity index (χ3v) is 4.62. The minimum atomic E-state index is -0.0868. The van der Waals surface area contributed by atoms with Crippen LogP contribution in [0.4, 0.5) is 0 Å². The smallest absolute Gasteiger partial charge is 0.231 e. The van der Waals surface area contributed by atoms with Crippen molar-refractivity contribution in [3.63, 3.8) is 0 Å². The van der Waals surface area contributed by atoms with Gasteiger partial charge in [-0.2, -0.15) is 0 Å². The maximum atomic E-state index is 13.1. The molecule has 27 heavy (non-hydrogen) atoms. The van der Waals surface area contributed by atoms with Gasteiger partial charge in [0.1, 0.15) is 17.6 Å². The molecule has 0 saturated carbocycles. The van der Waals surface area contributed by atoms with Crippen LogP contribution in [0.3, 0.4) is 0 Å². The molecule has 2 heterocycles. The number of hydrogen-bond acceptors (Lipinski definition) is 5. The third-order valence-electron chi connectivity index (χ3n) is 4.62. The summed E-state index contributed by atoms with van der Waals surface area (Å²) < 4.78 is 22.1. The second kappa shape index (κ2) is 6.83. The van der Waals surface area contributed by atoms with Crippen LogP contribution >= 0.6 is 0 Å². The zero-order chi connectivity index (χ0) is 19.0. The van der Waals surface area contributed by atoms with Crippen LogP contribution in [0, 0.1) is 0 Å². The Hall–Kier alpha value is -3.21. The van der Waals surface area contributed by atoms with E-state index >= 15 is 0 Å². The van der Waals surface area contributed by atoms with Crippen LogP contribution in [0.25, 0.3) is 22.1 Å². The highest BCUT2D eigenvalue weighted by molar-refractivity contribution is 5.86. The normalized spacial score (nSPS) is 12.3. The van der Waals surface area contributed by atoms with Gasteiger partial charge in [-0.3, -0.25) is 4.79 Å². The predicted octanol–water partition coefficient (Wildman–Crippen LogP) is 4.71. The highest BCUT2D eigenvalue weighted by atomic mass is 16.7. The van der Waals surface area contributed by atoms with Gasteiger partial charge in [0, 0.05) is 5.56 Å². The summed E-state index contributed by atoms with van der Waals surface area (Å²) in [5, 5.41) is 0.531. The van der Waals surface area contributed by atoms with Crippen molar-refractivity contribution >= 4 is 11.0 Å². The predicted molar refractivity (Wildman–Crippen MR) is 104 cm³/mol. The maximum Gasteiger partial charge on any atom is 0.231 e. The first-order chi connectivity index (χ1) is 13.1. The summed E-state index contributed by atoms with van der Waals surface area (Å²) in [6, 6.07) is 9.00. The Bertz CT molecular complexity index is 1100. The van der Waals surface area contributed by atoms with Crippen LogP contribution in [-0.4, -0.2) is 13.9 Å². The summed E-state index contributed by atoms with van der Waals surface area (Å²) >= 11 is 0. The van der Waals surface area contributed by atoms with E-state index in [4.69, 9.17) is 18.6 Å². The molecule has 0 unspecified atom stereocenters. The lowest BCUT2D eigenvalue weighted by Crippen LogP contribution is -2.06. The van der Waals surface area contributed by atoms with E-state index in [1.54, 1.807) is 25.3 Å². The van der Waals surface area contributed by atoms with Gasteiger partial charge in [-0.1, -0.05) is 17.7 Å². The van der Waals surface area contributed by atoms with Crippen molar-refractivity contribution in [3.8, 4) is 28.4 Å². The summed E-state index contributed by atoms with van der Waals surface area (Å²) in [4.78, 5) is 13.1. The molecule has 1 aliphatic heterocycles. The van der Waals surface area contributed by atoms with E-state index in [9.17, 15) is 4.79 Å². The van der Waals surface area contributed by atoms with Gasteiger partial charge in [0.25, 0.3) is 0 Å². The van der Waals surface area contributed by atoms with Crippen molar-refractivity contribution in [3.05, 3.63) is 64.0 Å². The highest BCUT2D eigenvalue weighted by Gasteiger charge is 2.18. The molecule has 3 aromatic rings. The van der Waals surface area contributed by atoms with E-state index in [0.29, 0.717) is 40.2 Å². The van der Waals surface area contributed by atoms with Crippen molar-refractivity contribution in [2.24, 2.45) is 0 Å². The average molecular weight is 364 g/mol. The molecular formula is C22H20O5. The van der Waals surface area contributed by atoms with E-state index in [-0.39, 0.29) is 12.2 Å². The minimum absolute atomic E-state index is 0.0868. The lowest BCUT2D eigenvalue weighted by Gasteiger charge is -2.11. The molecule has 0 aliphatic carbocycles. The fourth-order valence-corrected chi connectivity index (χ4v) is 3.19. The molecule has 4 rings (SSSR count). The Kier molecular flexibility index (Phi) is 4.36. The van der Waals surface area contributed by atoms with Gasteiger partial charge >= 0.3 is 0 Å². The Balaban J connectivity index is 1.88. The second-order valence-electron chi connectivity index (χ2n) is 6.66. The first-order valence-corrected chi connectivity index (χ1v) is 8.73. The van der Waals surface area contributed by atoms with E-state index in [1.165, 1.54) is 11.8 Å². The first-order valence-electron chi connectivity index (χ1n) is 8.73. The van der Waals surface area contributed by atoms with Gasteiger partial charge in [0.05, 0.1) is 18.1 Å². The quantitative estimate of drug-likeness (QED) is 0.628. The number of benzene rings is 2. The van der Waals surface area contributed by atoms with Crippen molar-refractivity contribution in [1.82, 2.24) is 0 Å². The number of rotatable bonds is 4. The Morgan fingerprint density at radius 1 is 1.15 bits per heavy atom. The average Bonchev–Trinajstić information content (AvgIpc) is 3.14. The fourth-order valence-electron chi connectivity index (χ4n) is 3.19. The van der Waals surface area contributed by atoms with Crippen molar-refractivity contribution in [1.29, 1.82) is 0 Å². The molecule has 0 fully saturated rings. The summed E-state index contributed by atoms with van der Waals surface area (Å²) in [6.45, 7) is 4.26. The van der Waals surface area contributed by atoms with Crippen LogP contribution in [0.15, 0.2) is 57.5 Å². The second-order valence-corrected chi connectivity index (χ2v) is 6.66. The number of methoxy groups -OCH3 is 1. The van der Waals surface area contributed by atoms with Gasteiger partial charge in [-0.15, -0.1) is 0 Å². The van der Waals surface area contributed by atoms with Crippen LogP contribution < -0.4 is 19.6 Å². The van der Waals surface area contributed by atoms with Gasteiger partial charge in [0.15, 0.2) is 11.5 Å². The van der Waals surface area contributed by atoms with Crippen LogP contribution in [0.2, 0.25) is 0 Å². The molecular weight excluding hydrogens is 344 g/mol. The SMILES string of the molecule is COc1ccc2c(=O)c(-c3ccc4c(c3)OCO4)coc2c1CC=C(C)C. The van der Waals surface area contributed by atoms with Crippen LogP contribution in [0.1, 0.15) is 19.4 Å². The maximum absolute atomic E-state index is 13.1.